The first-order valence-electron chi connectivity index (χ1n) is 6.91. The molecule has 3 fully saturated rings. The molecule has 0 radical (unpaired) electrons. The van der Waals surface area contributed by atoms with Crippen LogP contribution in [0.25, 0.3) is 0 Å². The van der Waals surface area contributed by atoms with Gasteiger partial charge in [-0.05, 0) is 51.1 Å². The van der Waals surface area contributed by atoms with E-state index in [2.05, 4.69) is 10.2 Å². The second-order valence-electron chi connectivity index (χ2n) is 5.69. The molecule has 0 spiro atoms. The van der Waals surface area contributed by atoms with E-state index in [0.717, 1.165) is 18.0 Å². The zero-order valence-corrected chi connectivity index (χ0v) is 9.75. The Kier molecular flexibility index (Phi) is 2.98. The molecule has 3 rings (SSSR count). The number of fused-ring (bicyclic) bond motifs is 1. The largest absolute Gasteiger partial charge is 0.313 e. The lowest BCUT2D eigenvalue weighted by Crippen LogP contribution is -2.42. The maximum Gasteiger partial charge on any atom is 0.0195 e. The summed E-state index contributed by atoms with van der Waals surface area (Å²) < 4.78 is 0. The summed E-state index contributed by atoms with van der Waals surface area (Å²) in [7, 11) is 0. The highest BCUT2D eigenvalue weighted by Gasteiger charge is 2.36. The summed E-state index contributed by atoms with van der Waals surface area (Å²) in [5, 5.41) is 3.64. The summed E-state index contributed by atoms with van der Waals surface area (Å²) in [6.07, 6.45) is 10.3. The molecule has 2 heterocycles. The van der Waals surface area contributed by atoms with Crippen LogP contribution in [0.5, 0.6) is 0 Å². The maximum atomic E-state index is 3.64. The minimum absolute atomic E-state index is 0.811. The summed E-state index contributed by atoms with van der Waals surface area (Å²) in [6, 6.07) is 1.77. The minimum atomic E-state index is 0.811. The highest BCUT2D eigenvalue weighted by molar-refractivity contribution is 4.92. The van der Waals surface area contributed by atoms with Gasteiger partial charge in [-0.15, -0.1) is 0 Å². The van der Waals surface area contributed by atoms with Crippen LogP contribution < -0.4 is 5.32 Å². The number of hydrogen-bond donors (Lipinski definition) is 1. The molecule has 3 aliphatic rings. The van der Waals surface area contributed by atoms with Crippen LogP contribution in [-0.2, 0) is 0 Å². The Morgan fingerprint density at radius 3 is 2.80 bits per heavy atom. The Bertz CT molecular complexity index is 211. The van der Waals surface area contributed by atoms with Crippen LogP contribution in [-0.4, -0.2) is 36.6 Å². The van der Waals surface area contributed by atoms with Crippen LogP contribution in [0.3, 0.4) is 0 Å². The molecule has 86 valence electrons. The van der Waals surface area contributed by atoms with Crippen LogP contribution in [0.15, 0.2) is 0 Å². The quantitative estimate of drug-likeness (QED) is 0.747. The van der Waals surface area contributed by atoms with E-state index in [1.54, 1.807) is 0 Å². The van der Waals surface area contributed by atoms with Crippen molar-refractivity contribution in [3.63, 3.8) is 0 Å². The Balaban J connectivity index is 1.56. The van der Waals surface area contributed by atoms with Gasteiger partial charge in [-0.2, -0.15) is 0 Å². The van der Waals surface area contributed by atoms with Gasteiger partial charge < -0.3 is 5.32 Å². The summed E-state index contributed by atoms with van der Waals surface area (Å²) in [6.45, 7) is 3.97. The van der Waals surface area contributed by atoms with Gasteiger partial charge in [-0.3, -0.25) is 4.90 Å². The van der Waals surface area contributed by atoms with E-state index in [-0.39, 0.29) is 0 Å². The molecule has 2 nitrogen and oxygen atoms in total. The molecular formula is C13H24N2. The second kappa shape index (κ2) is 4.42. The third-order valence-electron chi connectivity index (χ3n) is 4.74. The van der Waals surface area contributed by atoms with Gasteiger partial charge in [-0.25, -0.2) is 0 Å². The van der Waals surface area contributed by atoms with Crippen molar-refractivity contribution in [3.05, 3.63) is 0 Å². The fourth-order valence-electron chi connectivity index (χ4n) is 3.93. The van der Waals surface area contributed by atoms with E-state index in [9.17, 15) is 0 Å². The maximum absolute atomic E-state index is 3.64. The van der Waals surface area contributed by atoms with Crippen molar-refractivity contribution in [1.29, 1.82) is 0 Å². The Hall–Kier alpha value is -0.0800. The fraction of sp³-hybridized carbons (Fsp3) is 1.00. The van der Waals surface area contributed by atoms with Crippen molar-refractivity contribution in [2.45, 2.75) is 57.0 Å². The standard InChI is InChI=1S/C13H24N2/c1-2-6-13-11(4-1)7-9-15(13)10-12-5-3-8-14-12/h11-14H,1-10H2/t11?,12-,13?/m0/s1. The summed E-state index contributed by atoms with van der Waals surface area (Å²) in [4.78, 5) is 2.80. The van der Waals surface area contributed by atoms with Gasteiger partial charge in [0.1, 0.15) is 0 Å². The van der Waals surface area contributed by atoms with Gasteiger partial charge in [-0.1, -0.05) is 12.8 Å². The van der Waals surface area contributed by atoms with Gasteiger partial charge >= 0.3 is 0 Å². The smallest absolute Gasteiger partial charge is 0.0195 e. The average Bonchev–Trinajstić information content (AvgIpc) is 2.89. The molecule has 1 N–H and O–H groups in total. The van der Waals surface area contributed by atoms with Crippen molar-refractivity contribution >= 4 is 0 Å². The van der Waals surface area contributed by atoms with Crippen LogP contribution >= 0.6 is 0 Å². The molecule has 15 heavy (non-hydrogen) atoms. The Morgan fingerprint density at radius 1 is 1.00 bits per heavy atom. The first kappa shape index (κ1) is 10.1. The molecule has 0 aromatic rings. The molecular weight excluding hydrogens is 184 g/mol. The molecule has 1 aliphatic carbocycles. The number of nitrogens with one attached hydrogen (secondary N) is 1. The fourth-order valence-corrected chi connectivity index (χ4v) is 3.93. The predicted molar refractivity (Wildman–Crippen MR) is 63.0 cm³/mol. The molecule has 0 aromatic heterocycles. The molecule has 2 unspecified atom stereocenters. The van der Waals surface area contributed by atoms with Gasteiger partial charge in [0.15, 0.2) is 0 Å². The van der Waals surface area contributed by atoms with Gasteiger partial charge in [0.25, 0.3) is 0 Å². The van der Waals surface area contributed by atoms with Crippen LogP contribution in [0.1, 0.15) is 44.9 Å². The molecule has 2 saturated heterocycles. The summed E-state index contributed by atoms with van der Waals surface area (Å²) in [5.74, 6) is 1.06. The zero-order valence-electron chi connectivity index (χ0n) is 9.75. The van der Waals surface area contributed by atoms with Crippen LogP contribution in [0, 0.1) is 5.92 Å². The molecule has 1 saturated carbocycles. The third-order valence-corrected chi connectivity index (χ3v) is 4.74. The average molecular weight is 208 g/mol. The number of likely N-dealkylation sites (tertiary alicyclic amines) is 1. The van der Waals surface area contributed by atoms with Crippen molar-refractivity contribution in [3.8, 4) is 0 Å². The molecule has 0 aromatic carbocycles. The van der Waals surface area contributed by atoms with Crippen molar-refractivity contribution in [1.82, 2.24) is 10.2 Å². The first-order valence-corrected chi connectivity index (χ1v) is 6.91. The van der Waals surface area contributed by atoms with Gasteiger partial charge in [0.2, 0.25) is 0 Å². The SMILES string of the molecule is C1CCC2C(C1)CCN2C[C@@H]1CCCN1. The Morgan fingerprint density at radius 2 is 1.93 bits per heavy atom. The highest BCUT2D eigenvalue weighted by Crippen LogP contribution is 2.36. The molecule has 0 amide bonds. The van der Waals surface area contributed by atoms with Gasteiger partial charge in [0.05, 0.1) is 0 Å². The van der Waals surface area contributed by atoms with Gasteiger partial charge in [0, 0.05) is 18.6 Å². The summed E-state index contributed by atoms with van der Waals surface area (Å²) >= 11 is 0. The van der Waals surface area contributed by atoms with E-state index in [1.807, 2.05) is 0 Å². The molecule has 2 heteroatoms. The van der Waals surface area contributed by atoms with Crippen LogP contribution in [0.4, 0.5) is 0 Å². The zero-order chi connectivity index (χ0) is 10.1. The Labute approximate surface area is 93.4 Å². The van der Waals surface area contributed by atoms with E-state index in [1.165, 1.54) is 64.6 Å². The topological polar surface area (TPSA) is 15.3 Å². The highest BCUT2D eigenvalue weighted by atomic mass is 15.2. The molecule has 2 aliphatic heterocycles. The number of rotatable bonds is 2. The summed E-state index contributed by atoms with van der Waals surface area (Å²) in [5.41, 5.74) is 0. The third kappa shape index (κ3) is 2.07. The minimum Gasteiger partial charge on any atom is -0.313 e. The molecule has 0 bridgehead atoms. The lowest BCUT2D eigenvalue weighted by Gasteiger charge is -2.33. The van der Waals surface area contributed by atoms with E-state index < -0.39 is 0 Å². The van der Waals surface area contributed by atoms with Crippen LogP contribution in [0.2, 0.25) is 0 Å². The van der Waals surface area contributed by atoms with E-state index in [4.69, 9.17) is 0 Å². The normalized spacial score (nSPS) is 42.0. The number of hydrogen-bond acceptors (Lipinski definition) is 2. The first-order chi connectivity index (χ1) is 7.43. The molecule has 3 atom stereocenters. The van der Waals surface area contributed by atoms with Crippen molar-refractivity contribution < 1.29 is 0 Å². The van der Waals surface area contributed by atoms with Crippen molar-refractivity contribution in [2.24, 2.45) is 5.92 Å². The second-order valence-corrected chi connectivity index (χ2v) is 5.69. The predicted octanol–water partition coefficient (Wildman–Crippen LogP) is 2.00. The van der Waals surface area contributed by atoms with E-state index >= 15 is 0 Å². The van der Waals surface area contributed by atoms with Crippen molar-refractivity contribution in [2.75, 3.05) is 19.6 Å². The van der Waals surface area contributed by atoms with E-state index in [0.29, 0.717) is 0 Å². The number of nitrogens with zero attached hydrogens (tertiary/aromatic N) is 1. The monoisotopic (exact) mass is 208 g/mol. The lowest BCUT2D eigenvalue weighted by atomic mass is 9.85. The lowest BCUT2D eigenvalue weighted by molar-refractivity contribution is 0.170.